The average Bonchev–Trinajstić information content (AvgIpc) is 2.68. The molecule has 3 N–H and O–H groups in total. The lowest BCUT2D eigenvalue weighted by atomic mass is 10.2. The smallest absolute Gasteiger partial charge is 0.225 e. The highest BCUT2D eigenvalue weighted by atomic mass is 35.5. The van der Waals surface area contributed by atoms with Crippen LogP contribution in [-0.4, -0.2) is 52.1 Å². The standard InChI is InChI=1S/C20H23ClN6O/c1-27(2)11-5-10-23-20-25-18(17-6-3-4-9-22-17)13-19(26-20)24-16-8-7-14(28)12-15(16)21/h3-4,6-9,12-13,28H,5,10-11H2,1-2H3,(H2,23,24,25,26). The number of hydrogen-bond donors (Lipinski definition) is 3. The predicted octanol–water partition coefficient (Wildman–Crippen LogP) is 4.00. The Bertz CT molecular complexity index is 920. The number of phenols is 1. The first-order chi connectivity index (χ1) is 13.5. The van der Waals surface area contributed by atoms with Gasteiger partial charge in [0, 0.05) is 24.9 Å². The number of benzene rings is 1. The van der Waals surface area contributed by atoms with E-state index in [1.165, 1.54) is 6.07 Å². The summed E-state index contributed by atoms with van der Waals surface area (Å²) in [6.45, 7) is 1.73. The van der Waals surface area contributed by atoms with Gasteiger partial charge in [-0.15, -0.1) is 0 Å². The molecule has 0 radical (unpaired) electrons. The number of pyridine rings is 1. The average molecular weight is 399 g/mol. The lowest BCUT2D eigenvalue weighted by molar-refractivity contribution is 0.405. The Labute approximate surface area is 169 Å². The molecule has 2 aromatic heterocycles. The summed E-state index contributed by atoms with van der Waals surface area (Å²) < 4.78 is 0. The second-order valence-corrected chi connectivity index (χ2v) is 6.96. The van der Waals surface area contributed by atoms with Gasteiger partial charge in [-0.3, -0.25) is 4.98 Å². The molecule has 0 atom stereocenters. The summed E-state index contributed by atoms with van der Waals surface area (Å²) in [5, 5.41) is 16.4. The first-order valence-corrected chi connectivity index (χ1v) is 9.34. The summed E-state index contributed by atoms with van der Waals surface area (Å²) in [7, 11) is 4.09. The van der Waals surface area contributed by atoms with Crippen molar-refractivity contribution < 1.29 is 5.11 Å². The van der Waals surface area contributed by atoms with E-state index in [1.54, 1.807) is 18.3 Å². The number of phenolic OH excluding ortho intramolecular Hbond substituents is 1. The number of nitrogens with one attached hydrogen (secondary N) is 2. The van der Waals surface area contributed by atoms with Crippen molar-refractivity contribution in [1.29, 1.82) is 0 Å². The van der Waals surface area contributed by atoms with Crippen LogP contribution in [0.1, 0.15) is 6.42 Å². The van der Waals surface area contributed by atoms with Crippen molar-refractivity contribution in [2.45, 2.75) is 6.42 Å². The highest BCUT2D eigenvalue weighted by Gasteiger charge is 2.10. The first-order valence-electron chi connectivity index (χ1n) is 8.96. The second-order valence-electron chi connectivity index (χ2n) is 6.55. The van der Waals surface area contributed by atoms with Gasteiger partial charge in [0.05, 0.1) is 22.1 Å². The number of aromatic nitrogens is 3. The molecule has 0 bridgehead atoms. The number of hydrogen-bond acceptors (Lipinski definition) is 7. The maximum atomic E-state index is 9.54. The van der Waals surface area contributed by atoms with Crippen molar-refractivity contribution >= 4 is 29.1 Å². The summed E-state index contributed by atoms with van der Waals surface area (Å²) in [6, 6.07) is 12.2. The minimum Gasteiger partial charge on any atom is -0.508 e. The van der Waals surface area contributed by atoms with Crippen molar-refractivity contribution in [2.75, 3.05) is 37.8 Å². The topological polar surface area (TPSA) is 86.2 Å². The zero-order valence-electron chi connectivity index (χ0n) is 15.9. The Kier molecular flexibility index (Phi) is 6.62. The van der Waals surface area contributed by atoms with Gasteiger partial charge >= 0.3 is 0 Å². The molecular formula is C20H23ClN6O. The number of nitrogens with zero attached hydrogens (tertiary/aromatic N) is 4. The Morgan fingerprint density at radius 1 is 1.07 bits per heavy atom. The molecule has 0 aliphatic heterocycles. The van der Waals surface area contributed by atoms with Crippen LogP contribution in [-0.2, 0) is 0 Å². The van der Waals surface area contributed by atoms with E-state index in [9.17, 15) is 5.11 Å². The fraction of sp³-hybridized carbons (Fsp3) is 0.250. The fourth-order valence-corrected chi connectivity index (χ4v) is 2.80. The highest BCUT2D eigenvalue weighted by Crippen LogP contribution is 2.29. The van der Waals surface area contributed by atoms with Crippen LogP contribution in [0.5, 0.6) is 5.75 Å². The zero-order valence-corrected chi connectivity index (χ0v) is 16.6. The lowest BCUT2D eigenvalue weighted by Crippen LogP contribution is -2.17. The van der Waals surface area contributed by atoms with Gasteiger partial charge in [0.15, 0.2) is 0 Å². The van der Waals surface area contributed by atoms with E-state index in [1.807, 2.05) is 38.4 Å². The lowest BCUT2D eigenvalue weighted by Gasteiger charge is -2.13. The molecule has 0 fully saturated rings. The van der Waals surface area contributed by atoms with Crippen LogP contribution >= 0.6 is 11.6 Å². The largest absolute Gasteiger partial charge is 0.508 e. The molecule has 146 valence electrons. The van der Waals surface area contributed by atoms with Crippen molar-refractivity contribution in [3.8, 4) is 17.1 Å². The number of halogens is 1. The normalized spacial score (nSPS) is 10.9. The van der Waals surface area contributed by atoms with Crippen molar-refractivity contribution in [3.05, 3.63) is 53.7 Å². The molecule has 8 heteroatoms. The first kappa shape index (κ1) is 19.9. The third-order valence-corrected chi connectivity index (χ3v) is 4.25. The van der Waals surface area contributed by atoms with E-state index < -0.39 is 0 Å². The van der Waals surface area contributed by atoms with Crippen LogP contribution in [0.2, 0.25) is 5.02 Å². The van der Waals surface area contributed by atoms with Gasteiger partial charge in [-0.25, -0.2) is 4.98 Å². The monoisotopic (exact) mass is 398 g/mol. The number of anilines is 3. The van der Waals surface area contributed by atoms with Crippen molar-refractivity contribution in [2.24, 2.45) is 0 Å². The van der Waals surface area contributed by atoms with E-state index in [4.69, 9.17) is 11.6 Å². The molecule has 28 heavy (non-hydrogen) atoms. The maximum absolute atomic E-state index is 9.54. The highest BCUT2D eigenvalue weighted by molar-refractivity contribution is 6.33. The summed E-state index contributed by atoms with van der Waals surface area (Å²) in [4.78, 5) is 15.6. The third kappa shape index (κ3) is 5.55. The molecule has 7 nitrogen and oxygen atoms in total. The van der Waals surface area contributed by atoms with E-state index in [0.29, 0.717) is 28.2 Å². The Morgan fingerprint density at radius 2 is 1.93 bits per heavy atom. The number of aromatic hydroxyl groups is 1. The van der Waals surface area contributed by atoms with Gasteiger partial charge in [0.2, 0.25) is 5.95 Å². The van der Waals surface area contributed by atoms with Crippen LogP contribution in [0.3, 0.4) is 0 Å². The van der Waals surface area contributed by atoms with Gasteiger partial charge in [-0.1, -0.05) is 17.7 Å². The molecule has 1 aromatic carbocycles. The van der Waals surface area contributed by atoms with Gasteiger partial charge < -0.3 is 20.6 Å². The van der Waals surface area contributed by atoms with Gasteiger partial charge in [0.25, 0.3) is 0 Å². The fourth-order valence-electron chi connectivity index (χ4n) is 2.57. The van der Waals surface area contributed by atoms with Crippen LogP contribution in [0.4, 0.5) is 17.5 Å². The Balaban J connectivity index is 1.86. The quantitative estimate of drug-likeness (QED) is 0.390. The van der Waals surface area contributed by atoms with Crippen LogP contribution < -0.4 is 10.6 Å². The second kappa shape index (κ2) is 9.34. The van der Waals surface area contributed by atoms with Crippen LogP contribution in [0.15, 0.2) is 48.7 Å². The molecule has 0 aliphatic rings. The number of rotatable bonds is 8. The molecule has 0 saturated heterocycles. The Hall–Kier alpha value is -2.90. The molecule has 3 rings (SSSR count). The molecule has 0 unspecified atom stereocenters. The van der Waals surface area contributed by atoms with E-state index >= 15 is 0 Å². The molecular weight excluding hydrogens is 376 g/mol. The van der Waals surface area contributed by atoms with E-state index in [0.717, 1.165) is 25.2 Å². The summed E-state index contributed by atoms with van der Waals surface area (Å²) in [6.07, 6.45) is 2.70. The third-order valence-electron chi connectivity index (χ3n) is 3.93. The summed E-state index contributed by atoms with van der Waals surface area (Å²) >= 11 is 6.21. The Morgan fingerprint density at radius 3 is 2.64 bits per heavy atom. The summed E-state index contributed by atoms with van der Waals surface area (Å²) in [5.41, 5.74) is 2.09. The van der Waals surface area contributed by atoms with Gasteiger partial charge in [0.1, 0.15) is 11.6 Å². The van der Waals surface area contributed by atoms with Gasteiger partial charge in [-0.05, 0) is 51.3 Å². The van der Waals surface area contributed by atoms with E-state index in [-0.39, 0.29) is 5.75 Å². The maximum Gasteiger partial charge on any atom is 0.225 e. The molecule has 0 aliphatic carbocycles. The van der Waals surface area contributed by atoms with E-state index in [2.05, 4.69) is 30.5 Å². The minimum absolute atomic E-state index is 0.107. The van der Waals surface area contributed by atoms with Crippen molar-refractivity contribution in [3.63, 3.8) is 0 Å². The molecule has 0 saturated carbocycles. The molecule has 0 spiro atoms. The van der Waals surface area contributed by atoms with Crippen LogP contribution in [0.25, 0.3) is 11.4 Å². The minimum atomic E-state index is 0.107. The van der Waals surface area contributed by atoms with Crippen LogP contribution in [0, 0.1) is 0 Å². The molecule has 3 aromatic rings. The molecule has 2 heterocycles. The zero-order chi connectivity index (χ0) is 19.9. The SMILES string of the molecule is CN(C)CCCNc1nc(Nc2ccc(O)cc2Cl)cc(-c2ccccn2)n1. The van der Waals surface area contributed by atoms with Gasteiger partial charge in [-0.2, -0.15) is 4.98 Å². The predicted molar refractivity (Wildman–Crippen MR) is 113 cm³/mol. The summed E-state index contributed by atoms with van der Waals surface area (Å²) in [5.74, 6) is 1.20. The van der Waals surface area contributed by atoms with Crippen molar-refractivity contribution in [1.82, 2.24) is 19.9 Å². The molecule has 0 amide bonds.